The fraction of sp³-hybridized carbons (Fsp3) is 0.308. The van der Waals surface area contributed by atoms with Gasteiger partial charge in [0, 0.05) is 6.08 Å². The third kappa shape index (κ3) is 3.98. The summed E-state index contributed by atoms with van der Waals surface area (Å²) < 4.78 is 0. The van der Waals surface area contributed by atoms with E-state index >= 15 is 0 Å². The molecule has 0 aliphatic rings. The first kappa shape index (κ1) is 11.5. The van der Waals surface area contributed by atoms with Crippen LogP contribution in [0.5, 0.6) is 0 Å². The molecule has 0 amide bonds. The van der Waals surface area contributed by atoms with E-state index in [-0.39, 0.29) is 0 Å². The first-order valence-electron chi connectivity index (χ1n) is 5.23. The van der Waals surface area contributed by atoms with Gasteiger partial charge in [0.1, 0.15) is 0 Å². The smallest absolute Gasteiger partial charge is 0.328 e. The van der Waals surface area contributed by atoms with Gasteiger partial charge in [0.2, 0.25) is 0 Å². The minimum Gasteiger partial charge on any atom is -0.478 e. The average molecular weight is 204 g/mol. The van der Waals surface area contributed by atoms with Gasteiger partial charge in [0.25, 0.3) is 0 Å². The van der Waals surface area contributed by atoms with Crippen LogP contribution in [0.4, 0.5) is 0 Å². The monoisotopic (exact) mass is 204 g/mol. The number of hydrogen-bond donors (Lipinski definition) is 1. The van der Waals surface area contributed by atoms with Gasteiger partial charge in [0.15, 0.2) is 0 Å². The number of unbranched alkanes of at least 4 members (excludes halogenated alkanes) is 1. The third-order valence-electron chi connectivity index (χ3n) is 2.24. The molecule has 0 aliphatic heterocycles. The second-order valence-corrected chi connectivity index (χ2v) is 3.48. The molecule has 0 saturated heterocycles. The molecule has 80 valence electrons. The van der Waals surface area contributed by atoms with E-state index in [1.165, 1.54) is 6.08 Å². The maximum Gasteiger partial charge on any atom is 0.328 e. The topological polar surface area (TPSA) is 37.3 Å². The lowest BCUT2D eigenvalue weighted by molar-refractivity contribution is -0.131. The molecule has 2 nitrogen and oxygen atoms in total. The average Bonchev–Trinajstić information content (AvgIpc) is 2.25. The van der Waals surface area contributed by atoms with Gasteiger partial charge in [0.05, 0.1) is 0 Å². The number of carboxylic acid groups (broad SMARTS) is 1. The van der Waals surface area contributed by atoms with Crippen LogP contribution >= 0.6 is 0 Å². The van der Waals surface area contributed by atoms with E-state index in [2.05, 4.69) is 6.92 Å². The molecule has 0 unspecified atom stereocenters. The summed E-state index contributed by atoms with van der Waals surface area (Å²) in [5, 5.41) is 8.77. The third-order valence-corrected chi connectivity index (χ3v) is 2.24. The quantitative estimate of drug-likeness (QED) is 0.747. The van der Waals surface area contributed by atoms with E-state index in [4.69, 9.17) is 5.11 Å². The number of allylic oxidation sites excluding steroid dienone is 1. The van der Waals surface area contributed by atoms with Crippen molar-refractivity contribution in [1.29, 1.82) is 0 Å². The molecule has 0 bridgehead atoms. The number of carboxylic acids is 1. The Morgan fingerprint density at radius 3 is 2.53 bits per heavy atom. The number of rotatable bonds is 5. The number of aliphatic carboxylic acids is 1. The van der Waals surface area contributed by atoms with Crippen molar-refractivity contribution in [3.63, 3.8) is 0 Å². The highest BCUT2D eigenvalue weighted by molar-refractivity contribution is 5.89. The van der Waals surface area contributed by atoms with Crippen molar-refractivity contribution in [1.82, 2.24) is 0 Å². The Balaban J connectivity index is 2.86. The first-order chi connectivity index (χ1) is 7.24. The van der Waals surface area contributed by atoms with E-state index < -0.39 is 5.97 Å². The van der Waals surface area contributed by atoms with Crippen molar-refractivity contribution in [2.45, 2.75) is 26.2 Å². The Morgan fingerprint density at radius 2 is 2.00 bits per heavy atom. The molecule has 0 aliphatic carbocycles. The molecule has 1 aromatic carbocycles. The SMILES string of the molecule is CCCC/C(=C/C(=O)O)c1ccccc1. The van der Waals surface area contributed by atoms with Crippen molar-refractivity contribution in [2.75, 3.05) is 0 Å². The van der Waals surface area contributed by atoms with Crippen molar-refractivity contribution < 1.29 is 9.90 Å². The zero-order valence-corrected chi connectivity index (χ0v) is 8.94. The van der Waals surface area contributed by atoms with Gasteiger partial charge in [-0.2, -0.15) is 0 Å². The van der Waals surface area contributed by atoms with Crippen LogP contribution in [0.2, 0.25) is 0 Å². The first-order valence-corrected chi connectivity index (χ1v) is 5.23. The van der Waals surface area contributed by atoms with Crippen LogP contribution in [0.25, 0.3) is 5.57 Å². The van der Waals surface area contributed by atoms with Crippen LogP contribution in [0.15, 0.2) is 36.4 Å². The summed E-state index contributed by atoms with van der Waals surface area (Å²) in [5.74, 6) is -0.870. The van der Waals surface area contributed by atoms with Gasteiger partial charge in [-0.15, -0.1) is 0 Å². The van der Waals surface area contributed by atoms with Gasteiger partial charge < -0.3 is 5.11 Å². The van der Waals surface area contributed by atoms with Crippen molar-refractivity contribution in [3.8, 4) is 0 Å². The predicted octanol–water partition coefficient (Wildman–Crippen LogP) is 3.34. The summed E-state index contributed by atoms with van der Waals surface area (Å²) in [5.41, 5.74) is 1.92. The molecule has 0 aromatic heterocycles. The van der Waals surface area contributed by atoms with Gasteiger partial charge in [-0.3, -0.25) is 0 Å². The molecule has 0 radical (unpaired) electrons. The highest BCUT2D eigenvalue weighted by Crippen LogP contribution is 2.20. The Bertz CT molecular complexity index is 339. The molecule has 0 fully saturated rings. The second kappa shape index (κ2) is 6.02. The largest absolute Gasteiger partial charge is 0.478 e. The van der Waals surface area contributed by atoms with E-state index in [9.17, 15) is 4.79 Å². The Hall–Kier alpha value is -1.57. The summed E-state index contributed by atoms with van der Waals surface area (Å²) >= 11 is 0. The van der Waals surface area contributed by atoms with Crippen molar-refractivity contribution >= 4 is 11.5 Å². The molecule has 0 saturated carbocycles. The molecule has 1 rings (SSSR count). The maximum atomic E-state index is 10.7. The van der Waals surface area contributed by atoms with Crippen molar-refractivity contribution in [3.05, 3.63) is 42.0 Å². The highest BCUT2D eigenvalue weighted by Gasteiger charge is 2.02. The van der Waals surface area contributed by atoms with Gasteiger partial charge >= 0.3 is 5.97 Å². The molecule has 1 N–H and O–H groups in total. The van der Waals surface area contributed by atoms with E-state index in [0.717, 1.165) is 30.4 Å². The summed E-state index contributed by atoms with van der Waals surface area (Å²) in [6.07, 6.45) is 4.23. The van der Waals surface area contributed by atoms with Crippen molar-refractivity contribution in [2.24, 2.45) is 0 Å². The van der Waals surface area contributed by atoms with Crippen LogP contribution < -0.4 is 0 Å². The normalized spacial score (nSPS) is 11.4. The Morgan fingerprint density at radius 1 is 1.33 bits per heavy atom. The summed E-state index contributed by atoms with van der Waals surface area (Å²) in [6, 6.07) is 9.69. The lowest BCUT2D eigenvalue weighted by atomic mass is 10.00. The van der Waals surface area contributed by atoms with E-state index in [1.54, 1.807) is 0 Å². The number of benzene rings is 1. The minimum atomic E-state index is -0.870. The summed E-state index contributed by atoms with van der Waals surface area (Å²) in [4.78, 5) is 10.7. The van der Waals surface area contributed by atoms with Crippen LogP contribution in [0, 0.1) is 0 Å². The molecule has 1 aromatic rings. The number of hydrogen-bond acceptors (Lipinski definition) is 1. The van der Waals surface area contributed by atoms with Crippen LogP contribution in [0.3, 0.4) is 0 Å². The fourth-order valence-electron chi connectivity index (χ4n) is 1.47. The lowest BCUT2D eigenvalue weighted by Gasteiger charge is -2.05. The van der Waals surface area contributed by atoms with Gasteiger partial charge in [-0.25, -0.2) is 4.79 Å². The van der Waals surface area contributed by atoms with Crippen LogP contribution in [0.1, 0.15) is 31.7 Å². The molecular formula is C13H16O2. The second-order valence-electron chi connectivity index (χ2n) is 3.48. The van der Waals surface area contributed by atoms with Gasteiger partial charge in [-0.05, 0) is 24.0 Å². The van der Waals surface area contributed by atoms with Crippen LogP contribution in [-0.2, 0) is 4.79 Å². The Kier molecular flexibility index (Phi) is 4.61. The number of carbonyl (C=O) groups is 1. The molecule has 0 heterocycles. The summed E-state index contributed by atoms with van der Waals surface area (Å²) in [7, 11) is 0. The standard InChI is InChI=1S/C13H16O2/c1-2-3-7-12(10-13(14)15)11-8-5-4-6-9-11/h4-6,8-10H,2-3,7H2,1H3,(H,14,15)/b12-10-. The van der Waals surface area contributed by atoms with Gasteiger partial charge in [-0.1, -0.05) is 43.7 Å². The van der Waals surface area contributed by atoms with Crippen LogP contribution in [-0.4, -0.2) is 11.1 Å². The van der Waals surface area contributed by atoms with E-state index in [0.29, 0.717) is 0 Å². The molecular weight excluding hydrogens is 188 g/mol. The molecule has 0 atom stereocenters. The Labute approximate surface area is 90.3 Å². The highest BCUT2D eigenvalue weighted by atomic mass is 16.4. The molecule has 15 heavy (non-hydrogen) atoms. The fourth-order valence-corrected chi connectivity index (χ4v) is 1.47. The zero-order valence-electron chi connectivity index (χ0n) is 8.94. The minimum absolute atomic E-state index is 0.826. The maximum absolute atomic E-state index is 10.7. The predicted molar refractivity (Wildman–Crippen MR) is 61.6 cm³/mol. The van der Waals surface area contributed by atoms with E-state index in [1.807, 2.05) is 30.3 Å². The molecule has 0 spiro atoms. The molecule has 2 heteroatoms. The lowest BCUT2D eigenvalue weighted by Crippen LogP contribution is -1.93. The zero-order chi connectivity index (χ0) is 11.1. The summed E-state index contributed by atoms with van der Waals surface area (Å²) in [6.45, 7) is 2.10.